The highest BCUT2D eigenvalue weighted by Crippen LogP contribution is 2.68. The van der Waals surface area contributed by atoms with E-state index in [0.717, 1.165) is 0 Å². The van der Waals surface area contributed by atoms with Gasteiger partial charge in [0, 0.05) is 13.6 Å². The van der Waals surface area contributed by atoms with E-state index in [9.17, 15) is 118 Å². The van der Waals surface area contributed by atoms with Crippen molar-refractivity contribution in [3.63, 3.8) is 0 Å². The molecule has 0 saturated heterocycles. The van der Waals surface area contributed by atoms with Crippen molar-refractivity contribution in [2.45, 2.75) is 77.6 Å². The second-order valence-electron chi connectivity index (χ2n) is 8.18. The van der Waals surface area contributed by atoms with E-state index in [1.807, 2.05) is 0 Å². The molecular weight excluding hydrogens is 733 g/mol. The highest BCUT2D eigenvalue weighted by molar-refractivity contribution is 7.90. The van der Waals surface area contributed by atoms with E-state index < -0.39 is 91.5 Å². The first-order valence-electron chi connectivity index (χ1n) is 9.67. The molecule has 0 aliphatic carbocycles. The van der Waals surface area contributed by atoms with Gasteiger partial charge in [0.05, 0.1) is 0 Å². The normalized spacial score (nSPS) is 17.0. The fourth-order valence-corrected chi connectivity index (χ4v) is 3.65. The summed E-state index contributed by atoms with van der Waals surface area (Å²) < 4.78 is 356. The zero-order chi connectivity index (χ0) is 36.8. The summed E-state index contributed by atoms with van der Waals surface area (Å²) in [6, 6.07) is 0. The predicted octanol–water partition coefficient (Wildman–Crippen LogP) is 7.78. The molecule has 0 radical (unpaired) electrons. The van der Waals surface area contributed by atoms with E-state index in [2.05, 4.69) is 0 Å². The fraction of sp³-hybridized carbons (Fsp3) is 1.00. The van der Waals surface area contributed by atoms with Crippen LogP contribution in [0, 0.1) is 0 Å². The Morgan fingerprint density at radius 3 is 0.750 bits per heavy atom. The minimum Gasteiger partial charge on any atom is -0.206 e. The molecule has 29 heteroatoms. The molecule has 0 aromatic rings. The van der Waals surface area contributed by atoms with Gasteiger partial charge in [-0.15, -0.1) is 0 Å². The monoisotopic (exact) mass is 741 g/mol. The van der Waals surface area contributed by atoms with Crippen LogP contribution < -0.4 is 0 Å². The van der Waals surface area contributed by atoms with Gasteiger partial charge in [-0.3, -0.25) is 0 Å². The van der Waals surface area contributed by atoms with E-state index in [1.54, 1.807) is 0 Å². The minimum atomic E-state index is -9.71. The quantitative estimate of drug-likeness (QED) is 0.181. The highest BCUT2D eigenvalue weighted by atomic mass is 32.2. The molecule has 0 heterocycles. The van der Waals surface area contributed by atoms with Crippen LogP contribution in [0.25, 0.3) is 0 Å². The molecule has 0 amide bonds. The molecule has 0 saturated carbocycles. The Morgan fingerprint density at radius 2 is 0.568 bits per heavy atom. The summed E-state index contributed by atoms with van der Waals surface area (Å²) in [6.45, 7) is -1.09. The van der Waals surface area contributed by atoms with Crippen molar-refractivity contribution in [3.8, 4) is 0 Å². The molecule has 0 aliphatic heterocycles. The first kappa shape index (κ1) is 42.2. The van der Waals surface area contributed by atoms with Gasteiger partial charge in [-0.2, -0.15) is 114 Å². The molecule has 266 valence electrons. The minimum absolute atomic E-state index is 0.237. The molecule has 0 unspecified atom stereocenters. The van der Waals surface area contributed by atoms with E-state index >= 15 is 0 Å². The van der Waals surface area contributed by atoms with Gasteiger partial charge in [0.25, 0.3) is 10.0 Å². The molecule has 0 atom stereocenters. The van der Waals surface area contributed by atoms with Crippen LogP contribution in [0.2, 0.25) is 0 Å². The molecular formula is C15H8F25NO2S. The lowest BCUT2D eigenvalue weighted by atomic mass is 9.85. The second kappa shape index (κ2) is 10.3. The lowest BCUT2D eigenvalue weighted by Gasteiger charge is -2.45. The molecule has 0 fully saturated rings. The zero-order valence-electron chi connectivity index (χ0n) is 19.8. The largest absolute Gasteiger partial charge is 0.460 e. The lowest BCUT2D eigenvalue weighted by Crippen LogP contribution is -2.78. The van der Waals surface area contributed by atoms with Gasteiger partial charge in [0.1, 0.15) is 0 Å². The SMILES string of the molecule is CCN(C)S(=O)(=O)C(F)(F)C(F)(F)C(F)(F)C(F)(F)C(F)(F)C(F)(F)C(F)(F)C(F)(F)C(F)(F)C(F)(F)C(F)(F)C(F)(F)F. The number of sulfonamides is 1. The summed E-state index contributed by atoms with van der Waals surface area (Å²) in [5, 5.41) is -7.87. The molecule has 0 aliphatic rings. The van der Waals surface area contributed by atoms with Crippen LogP contribution in [-0.4, -0.2) is 97.0 Å². The van der Waals surface area contributed by atoms with Gasteiger partial charge in [-0.05, 0) is 0 Å². The smallest absolute Gasteiger partial charge is 0.206 e. The maximum atomic E-state index is 13.8. The van der Waals surface area contributed by atoms with Gasteiger partial charge in [0.15, 0.2) is 0 Å². The van der Waals surface area contributed by atoms with Crippen molar-refractivity contribution in [2.24, 2.45) is 0 Å². The Kier molecular flexibility index (Phi) is 9.90. The summed E-state index contributed by atoms with van der Waals surface area (Å²) in [5.74, 6) is -93.4. The predicted molar refractivity (Wildman–Crippen MR) is 87.7 cm³/mol. The van der Waals surface area contributed by atoms with Crippen LogP contribution in [0.1, 0.15) is 6.92 Å². The number of hydrogen-bond acceptors (Lipinski definition) is 2. The molecule has 0 rings (SSSR count). The summed E-state index contributed by atoms with van der Waals surface area (Å²) in [5.41, 5.74) is 0. The van der Waals surface area contributed by atoms with Gasteiger partial charge in [-0.25, -0.2) is 8.42 Å². The Labute approximate surface area is 225 Å². The summed E-state index contributed by atoms with van der Waals surface area (Å²) >= 11 is 0. The van der Waals surface area contributed by atoms with Gasteiger partial charge < -0.3 is 0 Å². The first-order chi connectivity index (χ1) is 18.5. The standard InChI is InChI=1S/C15H8F25NO2S/c1-3-41(2)44(42,43)15(39,40)13(34,35)11(30,31)9(26,27)7(22,23)5(18,19)4(16,17)6(20,21)8(24,25)10(28,29)12(32,33)14(36,37)38/h3H2,1-2H3. The van der Waals surface area contributed by atoms with E-state index in [-0.39, 0.29) is 7.05 Å². The topological polar surface area (TPSA) is 37.4 Å². The van der Waals surface area contributed by atoms with Crippen LogP contribution in [0.4, 0.5) is 110 Å². The number of rotatable bonds is 13. The summed E-state index contributed by atoms with van der Waals surface area (Å²) in [4.78, 5) is 0. The first-order valence-corrected chi connectivity index (χ1v) is 11.1. The third-order valence-electron chi connectivity index (χ3n) is 5.45. The van der Waals surface area contributed by atoms with Crippen molar-refractivity contribution in [1.82, 2.24) is 4.31 Å². The Balaban J connectivity index is 7.51. The van der Waals surface area contributed by atoms with Crippen LogP contribution in [-0.2, 0) is 10.0 Å². The van der Waals surface area contributed by atoms with Crippen molar-refractivity contribution < 1.29 is 118 Å². The fourth-order valence-electron chi connectivity index (χ4n) is 2.47. The number of hydrogen-bond donors (Lipinski definition) is 0. The molecule has 0 aromatic carbocycles. The number of halogens is 25. The maximum Gasteiger partial charge on any atom is 0.460 e. The third-order valence-corrected chi connectivity index (χ3v) is 7.43. The molecule has 0 bridgehead atoms. The average molecular weight is 741 g/mol. The van der Waals surface area contributed by atoms with Crippen LogP contribution in [0.3, 0.4) is 0 Å². The van der Waals surface area contributed by atoms with Crippen LogP contribution in [0.5, 0.6) is 0 Å². The van der Waals surface area contributed by atoms with Gasteiger partial charge in [0.2, 0.25) is 0 Å². The Hall–Kier alpha value is -1.84. The number of alkyl halides is 25. The second-order valence-corrected chi connectivity index (χ2v) is 10.3. The van der Waals surface area contributed by atoms with Crippen molar-refractivity contribution in [3.05, 3.63) is 0 Å². The Bertz CT molecular complexity index is 1170. The molecule has 0 aromatic heterocycles. The van der Waals surface area contributed by atoms with E-state index in [0.29, 0.717) is 6.92 Å². The number of nitrogens with zero attached hydrogens (tertiary/aromatic N) is 1. The van der Waals surface area contributed by atoms with Crippen LogP contribution >= 0.6 is 0 Å². The lowest BCUT2D eigenvalue weighted by molar-refractivity contribution is -0.480. The van der Waals surface area contributed by atoms with Gasteiger partial charge in [-0.1, -0.05) is 6.92 Å². The van der Waals surface area contributed by atoms with Crippen LogP contribution in [0.15, 0.2) is 0 Å². The maximum absolute atomic E-state index is 13.8. The average Bonchev–Trinajstić information content (AvgIpc) is 2.80. The summed E-state index contributed by atoms with van der Waals surface area (Å²) in [6.07, 6.45) is -8.21. The van der Waals surface area contributed by atoms with Crippen molar-refractivity contribution in [1.29, 1.82) is 0 Å². The van der Waals surface area contributed by atoms with Gasteiger partial charge >= 0.3 is 70.7 Å². The van der Waals surface area contributed by atoms with E-state index in [4.69, 9.17) is 0 Å². The van der Waals surface area contributed by atoms with Crippen molar-refractivity contribution in [2.75, 3.05) is 13.6 Å². The highest BCUT2D eigenvalue weighted by Gasteiger charge is 3.00. The molecule has 0 N–H and O–H groups in total. The Morgan fingerprint density at radius 1 is 0.386 bits per heavy atom. The third kappa shape index (κ3) is 4.73. The van der Waals surface area contributed by atoms with E-state index in [1.165, 1.54) is 0 Å². The molecule has 0 spiro atoms. The molecule has 44 heavy (non-hydrogen) atoms. The van der Waals surface area contributed by atoms with Crippen molar-refractivity contribution >= 4 is 10.0 Å². The summed E-state index contributed by atoms with van der Waals surface area (Å²) in [7, 11) is -7.73. The molecule has 3 nitrogen and oxygen atoms in total. The zero-order valence-corrected chi connectivity index (χ0v) is 20.6.